The zero-order valence-corrected chi connectivity index (χ0v) is 22.9. The zero-order chi connectivity index (χ0) is 25.8. The first-order valence-electron chi connectivity index (χ1n) is 13.7. The lowest BCUT2D eigenvalue weighted by molar-refractivity contribution is -0.149. The molecule has 1 N–H and O–H groups in total. The summed E-state index contributed by atoms with van der Waals surface area (Å²) in [5.41, 5.74) is 0. The van der Waals surface area contributed by atoms with Crippen molar-refractivity contribution in [3.63, 3.8) is 0 Å². The third-order valence-corrected chi connectivity index (χ3v) is 11.4. The molecule has 4 heterocycles. The Morgan fingerprint density at radius 2 is 1.72 bits per heavy atom. The number of aliphatic hydroxyl groups is 1. The van der Waals surface area contributed by atoms with Crippen LogP contribution < -0.4 is 0 Å². The molecule has 0 bridgehead atoms. The predicted molar refractivity (Wildman–Crippen MR) is 141 cm³/mol. The van der Waals surface area contributed by atoms with Gasteiger partial charge in [0.25, 0.3) is 0 Å². The molecule has 7 nitrogen and oxygen atoms in total. The van der Waals surface area contributed by atoms with Crippen molar-refractivity contribution in [2.75, 3.05) is 26.7 Å². The van der Waals surface area contributed by atoms with Crippen LogP contribution in [-0.4, -0.2) is 91.9 Å². The number of rotatable bonds is 5. The van der Waals surface area contributed by atoms with Crippen LogP contribution in [0.1, 0.15) is 59.3 Å². The van der Waals surface area contributed by atoms with E-state index < -0.39 is 33.4 Å². The van der Waals surface area contributed by atoms with Gasteiger partial charge < -0.3 is 19.8 Å². The van der Waals surface area contributed by atoms with E-state index in [1.54, 1.807) is 28.6 Å². The Kier molecular flexibility index (Phi) is 6.82. The summed E-state index contributed by atoms with van der Waals surface area (Å²) in [6, 6.07) is -1.000. The molecule has 0 radical (unpaired) electrons. The number of carbonyl (C=O) groups is 3. The van der Waals surface area contributed by atoms with Gasteiger partial charge in [-0.05, 0) is 25.7 Å². The first kappa shape index (κ1) is 25.8. The Morgan fingerprint density at radius 1 is 1.03 bits per heavy atom. The molecule has 3 amide bonds. The lowest BCUT2D eigenvalue weighted by Gasteiger charge is -2.43. The highest BCUT2D eigenvalue weighted by Crippen LogP contribution is 2.66. The molecule has 36 heavy (non-hydrogen) atoms. The topological polar surface area (TPSA) is 81.2 Å². The van der Waals surface area contributed by atoms with E-state index in [1.165, 1.54) is 6.42 Å². The number of hydrogen-bond acceptors (Lipinski definition) is 5. The van der Waals surface area contributed by atoms with Gasteiger partial charge in [0.2, 0.25) is 17.7 Å². The molecule has 0 aromatic rings. The first-order valence-corrected chi connectivity index (χ1v) is 14.6. The van der Waals surface area contributed by atoms with E-state index in [0.717, 1.165) is 32.1 Å². The minimum Gasteiger partial charge on any atom is -0.394 e. The maximum Gasteiger partial charge on any atom is 0.247 e. The number of amides is 3. The van der Waals surface area contributed by atoms with Gasteiger partial charge in [-0.25, -0.2) is 0 Å². The molecule has 1 saturated carbocycles. The molecule has 4 aliphatic heterocycles. The standard InChI is InChI=1S/C28H41N3O4S/c1-5-18(2)20(17-32)31-23-26(35)30(19-11-7-6-8-12-19)16-10-14-28(23)22(25(31)34)21-24(33)29(4)15-9-13-27(21,3)36-28/h9-10,13-14,18-23,32H,5-8,11-12,15-17H2,1-4H3/t18-,20-,21-,22-,23?,27+,28-/m0/s1. The van der Waals surface area contributed by atoms with E-state index in [2.05, 4.69) is 25.2 Å². The lowest BCUT2D eigenvalue weighted by Crippen LogP contribution is -2.59. The Bertz CT molecular complexity index is 978. The Morgan fingerprint density at radius 3 is 2.39 bits per heavy atom. The zero-order valence-electron chi connectivity index (χ0n) is 22.1. The van der Waals surface area contributed by atoms with Crippen molar-refractivity contribution in [3.05, 3.63) is 24.3 Å². The minimum absolute atomic E-state index is 0.0122. The predicted octanol–water partition coefficient (Wildman–Crippen LogP) is 2.84. The molecule has 1 unspecified atom stereocenters. The molecule has 0 aromatic carbocycles. The van der Waals surface area contributed by atoms with Crippen molar-refractivity contribution in [2.24, 2.45) is 17.8 Å². The molecule has 5 rings (SSSR count). The highest BCUT2D eigenvalue weighted by Gasteiger charge is 2.74. The molecule has 1 spiro atoms. The van der Waals surface area contributed by atoms with Gasteiger partial charge in [0.15, 0.2) is 0 Å². The van der Waals surface area contributed by atoms with Crippen LogP contribution in [0.5, 0.6) is 0 Å². The molecule has 2 saturated heterocycles. The summed E-state index contributed by atoms with van der Waals surface area (Å²) in [5, 5.41) is 10.5. The average molecular weight is 516 g/mol. The summed E-state index contributed by atoms with van der Waals surface area (Å²) in [6.07, 6.45) is 14.5. The molecule has 198 valence electrons. The third kappa shape index (κ3) is 3.69. The highest BCUT2D eigenvalue weighted by molar-refractivity contribution is 8.02. The second kappa shape index (κ2) is 9.50. The van der Waals surface area contributed by atoms with E-state index in [0.29, 0.717) is 13.1 Å². The van der Waals surface area contributed by atoms with E-state index >= 15 is 0 Å². The van der Waals surface area contributed by atoms with Crippen molar-refractivity contribution in [2.45, 2.75) is 86.9 Å². The maximum atomic E-state index is 14.6. The average Bonchev–Trinajstić information content (AvgIpc) is 3.15. The lowest BCUT2D eigenvalue weighted by atomic mass is 9.74. The third-order valence-electron chi connectivity index (χ3n) is 9.59. The van der Waals surface area contributed by atoms with Crippen LogP contribution in [0.2, 0.25) is 0 Å². The molecule has 7 atom stereocenters. The van der Waals surface area contributed by atoms with Crippen LogP contribution in [0.3, 0.4) is 0 Å². The summed E-state index contributed by atoms with van der Waals surface area (Å²) in [4.78, 5) is 48.2. The fourth-order valence-corrected chi connectivity index (χ4v) is 9.64. The summed E-state index contributed by atoms with van der Waals surface area (Å²) in [7, 11) is 1.79. The number of nitrogens with zero attached hydrogens (tertiary/aromatic N) is 3. The Balaban J connectivity index is 1.66. The van der Waals surface area contributed by atoms with Crippen molar-refractivity contribution < 1.29 is 19.5 Å². The van der Waals surface area contributed by atoms with Gasteiger partial charge in [-0.2, -0.15) is 0 Å². The number of likely N-dealkylation sites (N-methyl/N-ethyl adjacent to an activating group) is 1. The van der Waals surface area contributed by atoms with Gasteiger partial charge in [0, 0.05) is 30.9 Å². The van der Waals surface area contributed by atoms with Gasteiger partial charge in [0.1, 0.15) is 6.04 Å². The molecule has 3 fully saturated rings. The van der Waals surface area contributed by atoms with Crippen molar-refractivity contribution in [1.82, 2.24) is 14.7 Å². The molecule has 5 aliphatic rings. The number of fused-ring (bicyclic) bond motifs is 2. The van der Waals surface area contributed by atoms with E-state index in [4.69, 9.17) is 0 Å². The van der Waals surface area contributed by atoms with Crippen LogP contribution in [0.15, 0.2) is 24.3 Å². The quantitative estimate of drug-likeness (QED) is 0.570. The highest BCUT2D eigenvalue weighted by atomic mass is 32.2. The fraction of sp³-hybridized carbons (Fsp3) is 0.750. The van der Waals surface area contributed by atoms with Gasteiger partial charge in [0.05, 0.1) is 29.2 Å². The SMILES string of the molecule is CC[C@H](C)[C@H](CO)N1C(=O)[C@@H]2[C@H]3C(=O)N(C)CC=C[C@@]3(C)S[C@@]23C=CCN(C2CCCCC2)C(=O)C13. The van der Waals surface area contributed by atoms with E-state index in [-0.39, 0.29) is 36.3 Å². The van der Waals surface area contributed by atoms with Crippen LogP contribution >= 0.6 is 11.8 Å². The Hall–Kier alpha value is -1.80. The number of likely N-dealkylation sites (tertiary alicyclic amines) is 1. The number of aliphatic hydroxyl groups excluding tert-OH is 1. The van der Waals surface area contributed by atoms with Crippen LogP contribution in [0.4, 0.5) is 0 Å². The minimum atomic E-state index is -0.837. The first-order chi connectivity index (χ1) is 17.2. The molecule has 1 aliphatic carbocycles. The van der Waals surface area contributed by atoms with Gasteiger partial charge in [-0.3, -0.25) is 14.4 Å². The number of hydrogen-bond donors (Lipinski definition) is 1. The summed E-state index contributed by atoms with van der Waals surface area (Å²) >= 11 is 1.63. The van der Waals surface area contributed by atoms with Crippen LogP contribution in [0, 0.1) is 17.8 Å². The molecular weight excluding hydrogens is 474 g/mol. The van der Waals surface area contributed by atoms with Gasteiger partial charge in [-0.1, -0.05) is 63.8 Å². The van der Waals surface area contributed by atoms with Crippen molar-refractivity contribution in [3.8, 4) is 0 Å². The van der Waals surface area contributed by atoms with E-state index in [1.807, 2.05) is 24.8 Å². The van der Waals surface area contributed by atoms with Crippen LogP contribution in [0.25, 0.3) is 0 Å². The largest absolute Gasteiger partial charge is 0.394 e. The van der Waals surface area contributed by atoms with Crippen molar-refractivity contribution >= 4 is 29.5 Å². The summed E-state index contributed by atoms with van der Waals surface area (Å²) < 4.78 is -1.42. The molecular formula is C28H41N3O4S. The van der Waals surface area contributed by atoms with Crippen LogP contribution in [-0.2, 0) is 14.4 Å². The summed E-state index contributed by atoms with van der Waals surface area (Å²) in [6.45, 7) is 7.00. The van der Waals surface area contributed by atoms with Gasteiger partial charge >= 0.3 is 0 Å². The second-order valence-corrected chi connectivity index (χ2v) is 13.5. The van der Waals surface area contributed by atoms with E-state index in [9.17, 15) is 19.5 Å². The number of thioether (sulfide) groups is 1. The van der Waals surface area contributed by atoms with Crippen molar-refractivity contribution in [1.29, 1.82) is 0 Å². The molecule has 8 heteroatoms. The Labute approximate surface area is 219 Å². The molecule has 0 aromatic heterocycles. The summed E-state index contributed by atoms with van der Waals surface area (Å²) in [5.74, 6) is -1.37. The maximum absolute atomic E-state index is 14.6. The van der Waals surface area contributed by atoms with Gasteiger partial charge in [-0.15, -0.1) is 11.8 Å². The number of carbonyl (C=O) groups excluding carboxylic acids is 3. The monoisotopic (exact) mass is 515 g/mol. The smallest absolute Gasteiger partial charge is 0.247 e. The normalized spacial score (nSPS) is 38.5. The second-order valence-electron chi connectivity index (χ2n) is 11.7. The fourth-order valence-electron chi connectivity index (χ4n) is 7.49.